The summed E-state index contributed by atoms with van der Waals surface area (Å²) < 4.78 is 0. The Hall–Kier alpha value is 0.217. The van der Waals surface area contributed by atoms with Crippen LogP contribution in [0, 0.1) is 0 Å². The van der Waals surface area contributed by atoms with Crippen LogP contribution in [0.1, 0.15) is 65.2 Å². The van der Waals surface area contributed by atoms with Crippen molar-refractivity contribution in [2.24, 2.45) is 0 Å². The molecular weight excluding hydrogens is 172 g/mol. The molecule has 0 aliphatic carbocycles. The third-order valence-corrected chi connectivity index (χ3v) is 3.66. The summed E-state index contributed by atoms with van der Waals surface area (Å²) in [6, 6.07) is 2.89. The topological polar surface area (TPSA) is 0 Å². The summed E-state index contributed by atoms with van der Waals surface area (Å²) in [7, 11) is 1.23. The molecule has 0 heterocycles. The van der Waals surface area contributed by atoms with Crippen molar-refractivity contribution in [2.45, 2.75) is 77.3 Å². The lowest BCUT2D eigenvalue weighted by atomic mass is 10.1. The summed E-state index contributed by atoms with van der Waals surface area (Å²) in [4.78, 5) is 0. The first-order valence-electron chi connectivity index (χ1n) is 6.12. The minimum Gasteiger partial charge on any atom is -0.0682 e. The Morgan fingerprint density at radius 3 is 1.77 bits per heavy atom. The van der Waals surface area contributed by atoms with Crippen LogP contribution in [0.2, 0.25) is 12.1 Å². The second kappa shape index (κ2) is 12.2. The third-order valence-electron chi connectivity index (χ3n) is 2.46. The highest BCUT2D eigenvalue weighted by molar-refractivity contribution is 6.35. The molecular formula is C12H26Si. The number of hydrogen-bond acceptors (Lipinski definition) is 0. The van der Waals surface area contributed by atoms with Gasteiger partial charge in [-0.3, -0.25) is 0 Å². The predicted molar refractivity (Wildman–Crippen MR) is 63.7 cm³/mol. The van der Waals surface area contributed by atoms with Crippen LogP contribution in [0.15, 0.2) is 0 Å². The molecule has 0 unspecified atom stereocenters. The van der Waals surface area contributed by atoms with Crippen LogP contribution in [-0.2, 0) is 0 Å². The molecule has 0 rings (SSSR count). The molecule has 1 heteroatoms. The van der Waals surface area contributed by atoms with Gasteiger partial charge in [0.1, 0.15) is 0 Å². The lowest BCUT2D eigenvalue weighted by molar-refractivity contribution is 0.584. The van der Waals surface area contributed by atoms with Crippen LogP contribution in [-0.4, -0.2) is 9.52 Å². The van der Waals surface area contributed by atoms with E-state index in [9.17, 15) is 0 Å². The summed E-state index contributed by atoms with van der Waals surface area (Å²) in [5.41, 5.74) is 0. The van der Waals surface area contributed by atoms with Gasteiger partial charge in [0.2, 0.25) is 0 Å². The highest BCUT2D eigenvalue weighted by Crippen LogP contribution is 2.09. The largest absolute Gasteiger partial charge is 0.0682 e. The second-order valence-corrected chi connectivity index (χ2v) is 5.54. The molecule has 0 amide bonds. The van der Waals surface area contributed by atoms with Crippen LogP contribution in [0.5, 0.6) is 0 Å². The van der Waals surface area contributed by atoms with E-state index >= 15 is 0 Å². The predicted octanol–water partition coefficient (Wildman–Crippen LogP) is 4.69. The maximum Gasteiger partial charge on any atom is 0.0375 e. The molecule has 0 saturated carbocycles. The smallest absolute Gasteiger partial charge is 0.0375 e. The summed E-state index contributed by atoms with van der Waals surface area (Å²) in [6.45, 7) is 4.58. The van der Waals surface area contributed by atoms with Gasteiger partial charge in [-0.15, -0.1) is 0 Å². The number of unbranched alkanes of at least 4 members (excludes halogenated alkanes) is 7. The van der Waals surface area contributed by atoms with E-state index in [0.29, 0.717) is 0 Å². The van der Waals surface area contributed by atoms with Crippen molar-refractivity contribution >= 4 is 9.52 Å². The highest BCUT2D eigenvalue weighted by Gasteiger charge is 1.91. The summed E-state index contributed by atoms with van der Waals surface area (Å²) >= 11 is 0. The molecule has 0 atom stereocenters. The van der Waals surface area contributed by atoms with Crippen LogP contribution in [0.3, 0.4) is 0 Å². The fourth-order valence-electron chi connectivity index (χ4n) is 1.56. The van der Waals surface area contributed by atoms with E-state index in [1.54, 1.807) is 0 Å². The maximum atomic E-state index is 2.29. The molecule has 2 radical (unpaired) electrons. The molecule has 13 heavy (non-hydrogen) atoms. The Kier molecular flexibility index (Phi) is 12.4. The van der Waals surface area contributed by atoms with Gasteiger partial charge < -0.3 is 0 Å². The van der Waals surface area contributed by atoms with Crippen molar-refractivity contribution < 1.29 is 0 Å². The first-order chi connectivity index (χ1) is 6.41. The van der Waals surface area contributed by atoms with Crippen LogP contribution < -0.4 is 0 Å². The van der Waals surface area contributed by atoms with Gasteiger partial charge in [-0.05, 0) is 0 Å². The lowest BCUT2D eigenvalue weighted by Gasteiger charge is -2.00. The average Bonchev–Trinajstić information content (AvgIpc) is 2.16. The van der Waals surface area contributed by atoms with E-state index in [2.05, 4.69) is 13.8 Å². The molecule has 0 aliphatic heterocycles. The fourth-order valence-corrected chi connectivity index (χ4v) is 2.41. The van der Waals surface area contributed by atoms with Crippen molar-refractivity contribution in [2.75, 3.05) is 0 Å². The third kappa shape index (κ3) is 12.2. The van der Waals surface area contributed by atoms with Crippen molar-refractivity contribution in [3.8, 4) is 0 Å². The zero-order valence-electron chi connectivity index (χ0n) is 9.57. The second-order valence-electron chi connectivity index (χ2n) is 3.83. The van der Waals surface area contributed by atoms with Crippen molar-refractivity contribution in [3.05, 3.63) is 0 Å². The van der Waals surface area contributed by atoms with Crippen LogP contribution >= 0.6 is 0 Å². The maximum absolute atomic E-state index is 2.29. The molecule has 0 aliphatic rings. The SMILES string of the molecule is CCCCCCCCCC[Si]CC. The van der Waals surface area contributed by atoms with E-state index in [1.807, 2.05) is 0 Å². The van der Waals surface area contributed by atoms with Gasteiger partial charge >= 0.3 is 0 Å². The minimum atomic E-state index is 1.23. The quantitative estimate of drug-likeness (QED) is 0.353. The molecule has 0 bridgehead atoms. The van der Waals surface area contributed by atoms with Gasteiger partial charge in [-0.25, -0.2) is 0 Å². The Morgan fingerprint density at radius 2 is 1.23 bits per heavy atom. The van der Waals surface area contributed by atoms with E-state index in [-0.39, 0.29) is 0 Å². The molecule has 0 nitrogen and oxygen atoms in total. The molecule has 0 spiro atoms. The summed E-state index contributed by atoms with van der Waals surface area (Å²) in [6.07, 6.45) is 11.7. The lowest BCUT2D eigenvalue weighted by Crippen LogP contribution is -1.86. The molecule has 0 aromatic heterocycles. The summed E-state index contributed by atoms with van der Waals surface area (Å²) in [5, 5.41) is 0. The molecule has 0 aromatic rings. The van der Waals surface area contributed by atoms with Crippen LogP contribution in [0.4, 0.5) is 0 Å². The normalized spacial score (nSPS) is 10.6. The molecule has 0 aromatic carbocycles. The van der Waals surface area contributed by atoms with E-state index < -0.39 is 0 Å². The molecule has 78 valence electrons. The molecule has 0 N–H and O–H groups in total. The van der Waals surface area contributed by atoms with Crippen LogP contribution in [0.25, 0.3) is 0 Å². The number of rotatable bonds is 10. The van der Waals surface area contributed by atoms with Gasteiger partial charge in [-0.2, -0.15) is 0 Å². The first-order valence-corrected chi connectivity index (χ1v) is 7.54. The fraction of sp³-hybridized carbons (Fsp3) is 1.00. The van der Waals surface area contributed by atoms with Gasteiger partial charge in [0, 0.05) is 9.52 Å². The van der Waals surface area contributed by atoms with E-state index in [1.165, 1.54) is 73.0 Å². The highest BCUT2D eigenvalue weighted by atomic mass is 28.2. The standard InChI is InChI=1S/C12H26Si/c1-3-5-6-7-8-9-10-11-12-13-4-2/h3-12H2,1-2H3. The molecule has 0 fully saturated rings. The monoisotopic (exact) mass is 198 g/mol. The van der Waals surface area contributed by atoms with E-state index in [4.69, 9.17) is 0 Å². The minimum absolute atomic E-state index is 1.23. The van der Waals surface area contributed by atoms with Gasteiger partial charge in [-0.1, -0.05) is 77.3 Å². The van der Waals surface area contributed by atoms with E-state index in [0.717, 1.165) is 0 Å². The zero-order valence-corrected chi connectivity index (χ0v) is 10.6. The van der Waals surface area contributed by atoms with Crippen molar-refractivity contribution in [1.82, 2.24) is 0 Å². The first kappa shape index (κ1) is 13.2. The Morgan fingerprint density at radius 1 is 0.692 bits per heavy atom. The zero-order chi connectivity index (χ0) is 9.78. The van der Waals surface area contributed by atoms with Gasteiger partial charge in [0.25, 0.3) is 0 Å². The Bertz CT molecular complexity index is 71.2. The van der Waals surface area contributed by atoms with Crippen molar-refractivity contribution in [1.29, 1.82) is 0 Å². The summed E-state index contributed by atoms with van der Waals surface area (Å²) in [5.74, 6) is 0. The number of hydrogen-bond donors (Lipinski definition) is 0. The van der Waals surface area contributed by atoms with Crippen molar-refractivity contribution in [3.63, 3.8) is 0 Å². The average molecular weight is 198 g/mol. The van der Waals surface area contributed by atoms with Gasteiger partial charge in [0.15, 0.2) is 0 Å². The molecule has 0 saturated heterocycles. The Balaban J connectivity index is 2.76. The van der Waals surface area contributed by atoms with Gasteiger partial charge in [0.05, 0.1) is 0 Å². The Labute approximate surface area is 87.3 Å².